The summed E-state index contributed by atoms with van der Waals surface area (Å²) in [5, 5.41) is 3.41. The Bertz CT molecular complexity index is 819. The molecule has 0 saturated carbocycles. The lowest BCUT2D eigenvalue weighted by atomic mass is 10.3. The Labute approximate surface area is 146 Å². The van der Waals surface area contributed by atoms with Crippen LogP contribution in [0.15, 0.2) is 48.5 Å². The molecule has 2 aromatic carbocycles. The third-order valence-electron chi connectivity index (χ3n) is 3.16. The van der Waals surface area contributed by atoms with E-state index in [1.54, 1.807) is 0 Å². The van der Waals surface area contributed by atoms with Crippen LogP contribution in [0.4, 0.5) is 14.5 Å². The van der Waals surface area contributed by atoms with Crippen molar-refractivity contribution in [3.05, 3.63) is 53.5 Å². The SMILES string of the molecule is O=C(COCc1nc2ccccc2s1)Nc1ccc(OC(F)F)cc1. The number of anilines is 1. The van der Waals surface area contributed by atoms with Gasteiger partial charge >= 0.3 is 6.61 Å². The smallest absolute Gasteiger partial charge is 0.387 e. The van der Waals surface area contributed by atoms with Gasteiger partial charge in [-0.1, -0.05) is 12.1 Å². The van der Waals surface area contributed by atoms with E-state index in [1.807, 2.05) is 24.3 Å². The van der Waals surface area contributed by atoms with Crippen molar-refractivity contribution >= 4 is 33.1 Å². The van der Waals surface area contributed by atoms with Crippen molar-refractivity contribution in [1.29, 1.82) is 0 Å². The molecule has 0 saturated heterocycles. The molecule has 0 fully saturated rings. The second-order valence-corrected chi connectivity index (χ2v) is 6.13. The minimum absolute atomic E-state index is 0.0279. The van der Waals surface area contributed by atoms with Crippen molar-refractivity contribution in [2.24, 2.45) is 0 Å². The van der Waals surface area contributed by atoms with Crippen molar-refractivity contribution in [2.45, 2.75) is 13.2 Å². The van der Waals surface area contributed by atoms with E-state index in [9.17, 15) is 13.6 Å². The summed E-state index contributed by atoms with van der Waals surface area (Å²) in [6, 6.07) is 13.4. The molecule has 1 aromatic heterocycles. The van der Waals surface area contributed by atoms with Crippen LogP contribution in [-0.4, -0.2) is 24.1 Å². The Balaban J connectivity index is 1.46. The number of fused-ring (bicyclic) bond motifs is 1. The van der Waals surface area contributed by atoms with E-state index in [0.29, 0.717) is 5.69 Å². The standard InChI is InChI=1S/C17H14F2N2O3S/c18-17(19)24-12-7-5-11(6-8-12)20-15(22)9-23-10-16-21-13-3-1-2-4-14(13)25-16/h1-8,17H,9-10H2,(H,20,22). The van der Waals surface area contributed by atoms with Crippen molar-refractivity contribution in [1.82, 2.24) is 4.98 Å². The highest BCUT2D eigenvalue weighted by Gasteiger charge is 2.07. The number of halogens is 2. The fourth-order valence-corrected chi connectivity index (χ4v) is 3.03. The molecule has 1 N–H and O–H groups in total. The summed E-state index contributed by atoms with van der Waals surface area (Å²) in [6.45, 7) is -2.77. The Hall–Kier alpha value is -2.58. The first kappa shape index (κ1) is 17.2. The Kier molecular flexibility index (Phi) is 5.52. The van der Waals surface area contributed by atoms with Crippen LogP contribution in [0, 0.1) is 0 Å². The zero-order valence-corrected chi connectivity index (χ0v) is 13.8. The van der Waals surface area contributed by atoms with Gasteiger partial charge in [0.2, 0.25) is 5.91 Å². The maximum absolute atomic E-state index is 12.1. The number of carbonyl (C=O) groups excluding carboxylic acids is 1. The van der Waals surface area contributed by atoms with E-state index in [0.717, 1.165) is 15.2 Å². The number of hydrogen-bond acceptors (Lipinski definition) is 5. The zero-order chi connectivity index (χ0) is 17.6. The molecular formula is C17H14F2N2O3S. The number of para-hydroxylation sites is 1. The lowest BCUT2D eigenvalue weighted by Crippen LogP contribution is -2.18. The molecule has 1 amide bonds. The van der Waals surface area contributed by atoms with Gasteiger partial charge in [0.15, 0.2) is 0 Å². The lowest BCUT2D eigenvalue weighted by Gasteiger charge is -2.07. The van der Waals surface area contributed by atoms with Crippen LogP contribution in [0.5, 0.6) is 5.75 Å². The van der Waals surface area contributed by atoms with E-state index in [1.165, 1.54) is 35.6 Å². The molecule has 0 bridgehead atoms. The number of nitrogens with zero attached hydrogens (tertiary/aromatic N) is 1. The van der Waals surface area contributed by atoms with Gasteiger partial charge in [0, 0.05) is 5.69 Å². The first-order chi connectivity index (χ1) is 12.1. The average molecular weight is 364 g/mol. The number of amides is 1. The number of alkyl halides is 2. The molecule has 0 spiro atoms. The Morgan fingerprint density at radius 1 is 1.16 bits per heavy atom. The fraction of sp³-hybridized carbons (Fsp3) is 0.176. The van der Waals surface area contributed by atoms with Gasteiger partial charge < -0.3 is 14.8 Å². The molecule has 1 heterocycles. The minimum atomic E-state index is -2.88. The second kappa shape index (κ2) is 8.00. The Morgan fingerprint density at radius 3 is 2.64 bits per heavy atom. The van der Waals surface area contributed by atoms with E-state index >= 15 is 0 Å². The monoisotopic (exact) mass is 364 g/mol. The van der Waals surface area contributed by atoms with Crippen LogP contribution >= 0.6 is 11.3 Å². The normalized spacial score (nSPS) is 11.0. The van der Waals surface area contributed by atoms with Gasteiger partial charge in [0.1, 0.15) is 17.4 Å². The number of aromatic nitrogens is 1. The van der Waals surface area contributed by atoms with E-state index < -0.39 is 6.61 Å². The van der Waals surface area contributed by atoms with E-state index in [-0.39, 0.29) is 24.9 Å². The molecule has 0 unspecified atom stereocenters. The number of carbonyl (C=O) groups is 1. The van der Waals surface area contributed by atoms with Crippen LogP contribution < -0.4 is 10.1 Å². The van der Waals surface area contributed by atoms with Crippen LogP contribution in [0.1, 0.15) is 5.01 Å². The van der Waals surface area contributed by atoms with Gasteiger partial charge in [-0.3, -0.25) is 4.79 Å². The number of rotatable bonds is 7. The number of nitrogens with one attached hydrogen (secondary N) is 1. The lowest BCUT2D eigenvalue weighted by molar-refractivity contribution is -0.121. The highest BCUT2D eigenvalue weighted by molar-refractivity contribution is 7.18. The predicted octanol–water partition coefficient (Wildman–Crippen LogP) is 4.05. The van der Waals surface area contributed by atoms with Crippen LogP contribution in [-0.2, 0) is 16.1 Å². The van der Waals surface area contributed by atoms with Gasteiger partial charge in [-0.05, 0) is 36.4 Å². The number of ether oxygens (including phenoxy) is 2. The van der Waals surface area contributed by atoms with Crippen LogP contribution in [0.3, 0.4) is 0 Å². The molecule has 5 nitrogen and oxygen atoms in total. The van der Waals surface area contributed by atoms with E-state index in [2.05, 4.69) is 15.0 Å². The number of hydrogen-bond donors (Lipinski definition) is 1. The van der Waals surface area contributed by atoms with Crippen LogP contribution in [0.2, 0.25) is 0 Å². The topological polar surface area (TPSA) is 60.5 Å². The zero-order valence-electron chi connectivity index (χ0n) is 12.9. The summed E-state index contributed by atoms with van der Waals surface area (Å²) < 4.78 is 34.8. The maximum Gasteiger partial charge on any atom is 0.387 e. The average Bonchev–Trinajstić information content (AvgIpc) is 2.99. The van der Waals surface area contributed by atoms with E-state index in [4.69, 9.17) is 4.74 Å². The van der Waals surface area contributed by atoms with Gasteiger partial charge in [-0.15, -0.1) is 11.3 Å². The molecule has 0 radical (unpaired) electrons. The third kappa shape index (κ3) is 4.94. The largest absolute Gasteiger partial charge is 0.435 e. The molecule has 3 aromatic rings. The summed E-state index contributed by atoms with van der Waals surface area (Å²) in [5.41, 5.74) is 1.37. The molecular weight excluding hydrogens is 350 g/mol. The molecule has 0 aliphatic heterocycles. The molecule has 130 valence electrons. The second-order valence-electron chi connectivity index (χ2n) is 5.02. The van der Waals surface area contributed by atoms with Gasteiger partial charge in [0.05, 0.1) is 16.8 Å². The highest BCUT2D eigenvalue weighted by Crippen LogP contribution is 2.22. The maximum atomic E-state index is 12.1. The number of benzene rings is 2. The summed E-state index contributed by atoms with van der Waals surface area (Å²) >= 11 is 1.52. The summed E-state index contributed by atoms with van der Waals surface area (Å²) in [7, 11) is 0. The van der Waals surface area contributed by atoms with Gasteiger partial charge in [0.25, 0.3) is 0 Å². The first-order valence-corrected chi connectivity index (χ1v) is 8.19. The molecule has 0 atom stereocenters. The first-order valence-electron chi connectivity index (χ1n) is 7.37. The van der Waals surface area contributed by atoms with Crippen molar-refractivity contribution in [2.75, 3.05) is 11.9 Å². The summed E-state index contributed by atoms with van der Waals surface area (Å²) in [4.78, 5) is 16.2. The molecule has 0 aliphatic rings. The molecule has 25 heavy (non-hydrogen) atoms. The quantitative estimate of drug-likeness (QED) is 0.687. The van der Waals surface area contributed by atoms with Crippen LogP contribution in [0.25, 0.3) is 10.2 Å². The summed E-state index contributed by atoms with van der Waals surface area (Å²) in [6.07, 6.45) is 0. The van der Waals surface area contributed by atoms with Gasteiger partial charge in [-0.25, -0.2) is 4.98 Å². The highest BCUT2D eigenvalue weighted by atomic mass is 32.1. The summed E-state index contributed by atoms with van der Waals surface area (Å²) in [5.74, 6) is -0.316. The minimum Gasteiger partial charge on any atom is -0.435 e. The molecule has 8 heteroatoms. The van der Waals surface area contributed by atoms with Crippen molar-refractivity contribution in [3.8, 4) is 5.75 Å². The van der Waals surface area contributed by atoms with Crippen molar-refractivity contribution in [3.63, 3.8) is 0 Å². The van der Waals surface area contributed by atoms with Crippen molar-refractivity contribution < 1.29 is 23.0 Å². The predicted molar refractivity (Wildman–Crippen MR) is 91.0 cm³/mol. The molecule has 0 aliphatic carbocycles. The fourth-order valence-electron chi connectivity index (χ4n) is 2.13. The van der Waals surface area contributed by atoms with Gasteiger partial charge in [-0.2, -0.15) is 8.78 Å². The number of thiazole rings is 1. The Morgan fingerprint density at radius 2 is 1.92 bits per heavy atom. The third-order valence-corrected chi connectivity index (χ3v) is 4.17. The molecule has 3 rings (SSSR count).